The number of aryl methyl sites for hydroxylation is 1. The second-order valence-electron chi connectivity index (χ2n) is 6.79. The van der Waals surface area contributed by atoms with Gasteiger partial charge in [-0.25, -0.2) is 27.0 Å². The molecule has 4 rings (SSSR count). The Morgan fingerprint density at radius 2 is 2.08 bits per heavy atom. The SMILES string of the molecule is Cc1cc(NC(=O)N[C@@H]2[C@H]3CCC(F)(F)[C@H]32)nn1-c1ccc(F)cc1F. The van der Waals surface area contributed by atoms with Crippen molar-refractivity contribution in [3.8, 4) is 5.69 Å². The summed E-state index contributed by atoms with van der Waals surface area (Å²) in [6.45, 7) is 1.64. The number of hydrogen-bond donors (Lipinski definition) is 2. The number of benzene rings is 1. The summed E-state index contributed by atoms with van der Waals surface area (Å²) >= 11 is 0. The summed E-state index contributed by atoms with van der Waals surface area (Å²) < 4.78 is 55.3. The minimum Gasteiger partial charge on any atom is -0.334 e. The number of hydrogen-bond acceptors (Lipinski definition) is 2. The molecule has 0 spiro atoms. The Morgan fingerprint density at radius 1 is 1.31 bits per heavy atom. The number of anilines is 1. The Morgan fingerprint density at radius 3 is 2.73 bits per heavy atom. The molecule has 2 aliphatic rings. The third-order valence-electron chi connectivity index (χ3n) is 5.03. The second-order valence-corrected chi connectivity index (χ2v) is 6.79. The second kappa shape index (κ2) is 5.72. The lowest BCUT2D eigenvalue weighted by atomic mass is 10.2. The lowest BCUT2D eigenvalue weighted by molar-refractivity contribution is -0.0175. The minimum atomic E-state index is -2.72. The first-order valence-corrected chi connectivity index (χ1v) is 8.24. The molecule has 0 radical (unpaired) electrons. The van der Waals surface area contributed by atoms with Gasteiger partial charge in [-0.1, -0.05) is 0 Å². The molecule has 2 amide bonds. The monoisotopic (exact) mass is 368 g/mol. The molecular formula is C17H16F4N4O. The summed E-state index contributed by atoms with van der Waals surface area (Å²) in [5, 5.41) is 9.09. The Balaban J connectivity index is 1.44. The molecule has 0 saturated heterocycles. The van der Waals surface area contributed by atoms with Crippen molar-refractivity contribution in [1.82, 2.24) is 15.1 Å². The van der Waals surface area contributed by atoms with E-state index in [0.717, 1.165) is 12.1 Å². The van der Waals surface area contributed by atoms with Crippen LogP contribution in [-0.4, -0.2) is 27.8 Å². The third-order valence-corrected chi connectivity index (χ3v) is 5.03. The van der Waals surface area contributed by atoms with Crippen molar-refractivity contribution in [3.63, 3.8) is 0 Å². The maximum Gasteiger partial charge on any atom is 0.320 e. The lowest BCUT2D eigenvalue weighted by Crippen LogP contribution is -2.35. The number of nitrogens with zero attached hydrogens (tertiary/aromatic N) is 2. The molecule has 9 heteroatoms. The van der Waals surface area contributed by atoms with E-state index in [9.17, 15) is 22.4 Å². The standard InChI is InChI=1S/C17H16F4N4O/c1-8-6-13(24-25(8)12-3-2-9(18)7-11(12)19)22-16(26)23-15-10-4-5-17(20,21)14(10)15/h2-3,6-7,10,14-15H,4-5H2,1H3,(H2,22,23,24,26)/t10-,14+,15+/m0/s1. The number of aromatic nitrogens is 2. The molecule has 1 aromatic carbocycles. The fourth-order valence-corrected chi connectivity index (χ4v) is 3.77. The highest BCUT2D eigenvalue weighted by Gasteiger charge is 2.68. The molecule has 2 saturated carbocycles. The number of halogens is 4. The number of rotatable bonds is 3. The van der Waals surface area contributed by atoms with E-state index in [2.05, 4.69) is 15.7 Å². The molecule has 26 heavy (non-hydrogen) atoms. The number of alkyl halides is 2. The predicted octanol–water partition coefficient (Wildman–Crippen LogP) is 3.62. The van der Waals surface area contributed by atoms with Crippen LogP contribution in [0, 0.1) is 30.4 Å². The van der Waals surface area contributed by atoms with Crippen molar-refractivity contribution in [2.45, 2.75) is 31.7 Å². The number of fused-ring (bicyclic) bond motifs is 1. The number of nitrogens with one attached hydrogen (secondary N) is 2. The van der Waals surface area contributed by atoms with Crippen LogP contribution >= 0.6 is 0 Å². The zero-order valence-corrected chi connectivity index (χ0v) is 13.8. The molecule has 2 fully saturated rings. The van der Waals surface area contributed by atoms with E-state index in [1.807, 2.05) is 0 Å². The summed E-state index contributed by atoms with van der Waals surface area (Å²) in [4.78, 5) is 12.0. The van der Waals surface area contributed by atoms with Crippen LogP contribution in [-0.2, 0) is 0 Å². The molecule has 1 heterocycles. The Bertz CT molecular complexity index is 882. The van der Waals surface area contributed by atoms with Crippen molar-refractivity contribution in [3.05, 3.63) is 41.6 Å². The van der Waals surface area contributed by atoms with Crippen LogP contribution in [0.4, 0.5) is 28.2 Å². The predicted molar refractivity (Wildman–Crippen MR) is 85.3 cm³/mol. The first-order valence-electron chi connectivity index (χ1n) is 8.24. The molecule has 2 aliphatic carbocycles. The third kappa shape index (κ3) is 2.81. The van der Waals surface area contributed by atoms with Crippen molar-refractivity contribution < 1.29 is 22.4 Å². The van der Waals surface area contributed by atoms with Gasteiger partial charge in [-0.15, -0.1) is 5.10 Å². The van der Waals surface area contributed by atoms with E-state index in [1.54, 1.807) is 6.92 Å². The highest BCUT2D eigenvalue weighted by atomic mass is 19.3. The largest absolute Gasteiger partial charge is 0.334 e. The van der Waals surface area contributed by atoms with Crippen LogP contribution in [0.5, 0.6) is 0 Å². The van der Waals surface area contributed by atoms with Crippen molar-refractivity contribution in [2.24, 2.45) is 11.8 Å². The molecule has 3 atom stereocenters. The highest BCUT2D eigenvalue weighted by molar-refractivity contribution is 5.88. The van der Waals surface area contributed by atoms with Gasteiger partial charge in [0.05, 0.1) is 0 Å². The fraction of sp³-hybridized carbons (Fsp3) is 0.412. The normalized spacial score (nSPS) is 25.7. The van der Waals surface area contributed by atoms with Crippen LogP contribution in [0.1, 0.15) is 18.5 Å². The molecule has 2 N–H and O–H groups in total. The maximum atomic E-state index is 13.9. The molecular weight excluding hydrogens is 352 g/mol. The summed E-state index contributed by atoms with van der Waals surface area (Å²) in [6.07, 6.45) is 0.273. The van der Waals surface area contributed by atoms with E-state index in [-0.39, 0.29) is 23.8 Å². The van der Waals surface area contributed by atoms with E-state index in [4.69, 9.17) is 0 Å². The molecule has 0 unspecified atom stereocenters. The molecule has 5 nitrogen and oxygen atoms in total. The Kier molecular flexibility index (Phi) is 3.71. The average Bonchev–Trinajstić information content (AvgIpc) is 2.97. The molecule has 138 valence electrons. The number of carbonyl (C=O) groups excluding carboxylic acids is 1. The summed E-state index contributed by atoms with van der Waals surface area (Å²) in [5.41, 5.74) is 0.550. The van der Waals surface area contributed by atoms with Crippen LogP contribution < -0.4 is 10.6 Å². The summed E-state index contributed by atoms with van der Waals surface area (Å²) in [7, 11) is 0. The fourth-order valence-electron chi connectivity index (χ4n) is 3.77. The van der Waals surface area contributed by atoms with Crippen LogP contribution in [0.2, 0.25) is 0 Å². The Labute approximate surface area is 146 Å². The van der Waals surface area contributed by atoms with Crippen molar-refractivity contribution in [2.75, 3.05) is 5.32 Å². The topological polar surface area (TPSA) is 59.0 Å². The molecule has 2 aromatic rings. The van der Waals surface area contributed by atoms with Crippen LogP contribution in [0.15, 0.2) is 24.3 Å². The van der Waals surface area contributed by atoms with Gasteiger partial charge in [-0.3, -0.25) is 5.32 Å². The zero-order chi connectivity index (χ0) is 18.6. The van der Waals surface area contributed by atoms with Crippen molar-refractivity contribution >= 4 is 11.8 Å². The average molecular weight is 368 g/mol. The van der Waals surface area contributed by atoms with E-state index < -0.39 is 35.5 Å². The lowest BCUT2D eigenvalue weighted by Gasteiger charge is -2.14. The van der Waals surface area contributed by atoms with Gasteiger partial charge < -0.3 is 5.32 Å². The maximum absolute atomic E-state index is 13.9. The minimum absolute atomic E-state index is 0.0359. The van der Waals surface area contributed by atoms with Crippen LogP contribution in [0.25, 0.3) is 5.69 Å². The van der Waals surface area contributed by atoms with Crippen molar-refractivity contribution in [1.29, 1.82) is 0 Å². The van der Waals surface area contributed by atoms with Gasteiger partial charge in [0.2, 0.25) is 0 Å². The first-order chi connectivity index (χ1) is 12.3. The van der Waals surface area contributed by atoms with Gasteiger partial charge in [0, 0.05) is 36.2 Å². The number of urea groups is 1. The summed E-state index contributed by atoms with van der Waals surface area (Å²) in [6, 6.07) is 3.42. The van der Waals surface area contributed by atoms with Gasteiger partial charge in [0.1, 0.15) is 11.5 Å². The van der Waals surface area contributed by atoms with Crippen LogP contribution in [0.3, 0.4) is 0 Å². The van der Waals surface area contributed by atoms with E-state index >= 15 is 0 Å². The smallest absolute Gasteiger partial charge is 0.320 e. The van der Waals surface area contributed by atoms with E-state index in [0.29, 0.717) is 12.1 Å². The molecule has 0 aliphatic heterocycles. The van der Waals surface area contributed by atoms with Gasteiger partial charge in [0.25, 0.3) is 5.92 Å². The van der Waals surface area contributed by atoms with Gasteiger partial charge in [-0.05, 0) is 31.4 Å². The summed E-state index contributed by atoms with van der Waals surface area (Å²) in [5.74, 6) is -5.05. The van der Waals surface area contributed by atoms with E-state index in [1.165, 1.54) is 16.8 Å². The first kappa shape index (κ1) is 16.9. The van der Waals surface area contributed by atoms with Gasteiger partial charge in [0.15, 0.2) is 11.6 Å². The quantitative estimate of drug-likeness (QED) is 0.813. The van der Waals surface area contributed by atoms with Gasteiger partial charge in [-0.2, -0.15) is 0 Å². The van der Waals surface area contributed by atoms with Gasteiger partial charge >= 0.3 is 6.03 Å². The number of amides is 2. The molecule has 1 aromatic heterocycles. The Hall–Kier alpha value is -2.58. The number of carbonyl (C=O) groups is 1. The highest BCUT2D eigenvalue weighted by Crippen LogP contribution is 2.59. The molecule has 0 bridgehead atoms. The zero-order valence-electron chi connectivity index (χ0n) is 13.8.